The van der Waals surface area contributed by atoms with E-state index >= 15 is 0 Å². The molecule has 23 heavy (non-hydrogen) atoms. The first-order valence-corrected chi connectivity index (χ1v) is 8.76. The molecule has 1 N–H and O–H groups in total. The van der Waals surface area contributed by atoms with Gasteiger partial charge in [0.25, 0.3) is 0 Å². The number of hydrogen-bond donors (Lipinski definition) is 1. The number of esters is 1. The van der Waals surface area contributed by atoms with E-state index in [2.05, 4.69) is 12.2 Å². The third-order valence-electron chi connectivity index (χ3n) is 5.89. The van der Waals surface area contributed by atoms with Crippen LogP contribution in [0.3, 0.4) is 0 Å². The number of ether oxygens (including phenoxy) is 1. The molecule has 0 spiro atoms. The van der Waals surface area contributed by atoms with Gasteiger partial charge in [-0.1, -0.05) is 19.1 Å². The van der Waals surface area contributed by atoms with E-state index in [1.807, 2.05) is 6.92 Å². The Labute approximate surface area is 137 Å². The molecule has 2 fully saturated rings. The second kappa shape index (κ2) is 6.60. The van der Waals surface area contributed by atoms with Crippen LogP contribution in [0.15, 0.2) is 24.3 Å². The molecule has 0 aromatic heterocycles. The molecule has 4 heteroatoms. The molecule has 1 aromatic carbocycles. The van der Waals surface area contributed by atoms with Gasteiger partial charge in [0.05, 0.1) is 12.5 Å². The number of hydrogen-bond acceptors (Lipinski definition) is 3. The van der Waals surface area contributed by atoms with Crippen molar-refractivity contribution in [1.82, 2.24) is 5.32 Å². The Morgan fingerprint density at radius 2 is 2.04 bits per heavy atom. The topological polar surface area (TPSA) is 38.3 Å². The van der Waals surface area contributed by atoms with Gasteiger partial charge in [-0.15, -0.1) is 0 Å². The highest BCUT2D eigenvalue weighted by molar-refractivity contribution is 5.75. The maximum Gasteiger partial charge on any atom is 0.311 e. The van der Waals surface area contributed by atoms with Gasteiger partial charge in [0, 0.05) is 12.1 Å². The first-order valence-electron chi connectivity index (χ1n) is 8.76. The van der Waals surface area contributed by atoms with Gasteiger partial charge < -0.3 is 10.1 Å². The Hall–Kier alpha value is -1.42. The molecule has 0 saturated heterocycles. The van der Waals surface area contributed by atoms with Crippen LogP contribution in [-0.4, -0.2) is 18.1 Å². The Balaban J connectivity index is 1.79. The molecule has 126 valence electrons. The van der Waals surface area contributed by atoms with Crippen molar-refractivity contribution in [2.75, 3.05) is 6.61 Å². The van der Waals surface area contributed by atoms with Crippen molar-refractivity contribution in [3.8, 4) is 0 Å². The molecule has 3 nitrogen and oxygen atoms in total. The predicted molar refractivity (Wildman–Crippen MR) is 87.2 cm³/mol. The Morgan fingerprint density at radius 1 is 1.30 bits per heavy atom. The third kappa shape index (κ3) is 2.89. The summed E-state index contributed by atoms with van der Waals surface area (Å²) >= 11 is 0. The van der Waals surface area contributed by atoms with Gasteiger partial charge in [0.1, 0.15) is 5.82 Å². The van der Waals surface area contributed by atoms with Crippen molar-refractivity contribution >= 4 is 5.97 Å². The molecular weight excluding hydrogens is 293 g/mol. The van der Waals surface area contributed by atoms with E-state index in [4.69, 9.17) is 4.74 Å². The lowest BCUT2D eigenvalue weighted by Crippen LogP contribution is -2.57. The number of nitrogens with one attached hydrogen (secondary N) is 1. The highest BCUT2D eigenvalue weighted by atomic mass is 19.1. The van der Waals surface area contributed by atoms with Gasteiger partial charge in [-0.2, -0.15) is 0 Å². The summed E-state index contributed by atoms with van der Waals surface area (Å²) in [5, 5.41) is 3.68. The Bertz CT molecular complexity index is 559. The van der Waals surface area contributed by atoms with E-state index < -0.39 is 0 Å². The number of carbonyl (C=O) groups is 1. The number of benzene rings is 1. The SMILES string of the molecule is CCOC(=O)C1C2CCC(C2)C1(CC)NCc1ccc(F)cc1. The number of rotatable bonds is 6. The van der Waals surface area contributed by atoms with Crippen LogP contribution >= 0.6 is 0 Å². The van der Waals surface area contributed by atoms with Crippen LogP contribution in [0.4, 0.5) is 4.39 Å². The highest BCUT2D eigenvalue weighted by Crippen LogP contribution is 2.56. The molecule has 2 aliphatic rings. The van der Waals surface area contributed by atoms with Gasteiger partial charge in [0.15, 0.2) is 0 Å². The normalized spacial score (nSPS) is 32.2. The van der Waals surface area contributed by atoms with Gasteiger partial charge in [-0.25, -0.2) is 4.39 Å². The van der Waals surface area contributed by atoms with Gasteiger partial charge in [-0.05, 0) is 62.1 Å². The van der Waals surface area contributed by atoms with E-state index in [9.17, 15) is 9.18 Å². The minimum atomic E-state index is -0.219. The van der Waals surface area contributed by atoms with Gasteiger partial charge in [-0.3, -0.25) is 4.79 Å². The maximum atomic E-state index is 13.1. The lowest BCUT2D eigenvalue weighted by molar-refractivity contribution is -0.153. The second-order valence-electron chi connectivity index (χ2n) is 6.87. The van der Waals surface area contributed by atoms with Crippen molar-refractivity contribution in [2.24, 2.45) is 17.8 Å². The molecule has 0 radical (unpaired) electrons. The molecule has 0 aliphatic heterocycles. The summed E-state index contributed by atoms with van der Waals surface area (Å²) < 4.78 is 18.4. The fourth-order valence-corrected chi connectivity index (χ4v) is 4.85. The van der Waals surface area contributed by atoms with Crippen LogP contribution < -0.4 is 5.32 Å². The highest BCUT2D eigenvalue weighted by Gasteiger charge is 2.60. The maximum absolute atomic E-state index is 13.1. The van der Waals surface area contributed by atoms with Crippen LogP contribution in [-0.2, 0) is 16.1 Å². The van der Waals surface area contributed by atoms with Gasteiger partial charge >= 0.3 is 5.97 Å². The fraction of sp³-hybridized carbons (Fsp3) is 0.632. The smallest absolute Gasteiger partial charge is 0.311 e. The zero-order chi connectivity index (χ0) is 16.4. The summed E-state index contributed by atoms with van der Waals surface area (Å²) in [4.78, 5) is 12.6. The summed E-state index contributed by atoms with van der Waals surface area (Å²) in [6.07, 6.45) is 4.35. The van der Waals surface area contributed by atoms with Crippen molar-refractivity contribution in [1.29, 1.82) is 0 Å². The van der Waals surface area contributed by atoms with Gasteiger partial charge in [0.2, 0.25) is 0 Å². The van der Waals surface area contributed by atoms with Crippen LogP contribution in [0, 0.1) is 23.6 Å². The Morgan fingerprint density at radius 3 is 2.70 bits per heavy atom. The molecule has 4 unspecified atom stereocenters. The van der Waals surface area contributed by atoms with E-state index in [0.717, 1.165) is 24.8 Å². The molecule has 1 aromatic rings. The lowest BCUT2D eigenvalue weighted by Gasteiger charge is -2.43. The first-order chi connectivity index (χ1) is 11.1. The predicted octanol–water partition coefficient (Wildman–Crippen LogP) is 3.67. The monoisotopic (exact) mass is 319 g/mol. The summed E-state index contributed by atoms with van der Waals surface area (Å²) in [7, 11) is 0. The zero-order valence-electron chi connectivity index (χ0n) is 14.0. The third-order valence-corrected chi connectivity index (χ3v) is 5.89. The standard InChI is InChI=1S/C19H26FNO2/c1-3-19(21-12-13-5-9-16(20)10-6-13)15-8-7-14(11-15)17(19)18(22)23-4-2/h5-6,9-10,14-15,17,21H,3-4,7-8,11-12H2,1-2H3. The van der Waals surface area contributed by atoms with E-state index in [1.54, 1.807) is 12.1 Å². The summed E-state index contributed by atoms with van der Waals surface area (Å²) in [5.41, 5.74) is 0.869. The molecule has 0 heterocycles. The lowest BCUT2D eigenvalue weighted by atomic mass is 9.71. The number of halogens is 1. The van der Waals surface area contributed by atoms with Crippen LogP contribution in [0.2, 0.25) is 0 Å². The zero-order valence-corrected chi connectivity index (χ0v) is 14.0. The van der Waals surface area contributed by atoms with E-state index in [-0.39, 0.29) is 23.2 Å². The molecule has 2 aliphatic carbocycles. The van der Waals surface area contributed by atoms with Crippen molar-refractivity contribution in [2.45, 2.75) is 51.6 Å². The van der Waals surface area contributed by atoms with Crippen molar-refractivity contribution < 1.29 is 13.9 Å². The summed E-state index contributed by atoms with van der Waals surface area (Å²) in [6.45, 7) is 5.12. The van der Waals surface area contributed by atoms with Crippen molar-refractivity contribution in [3.63, 3.8) is 0 Å². The average Bonchev–Trinajstić information content (AvgIpc) is 3.14. The molecule has 3 rings (SSSR count). The molecule has 2 saturated carbocycles. The van der Waals surface area contributed by atoms with E-state index in [1.165, 1.54) is 18.6 Å². The first kappa shape index (κ1) is 16.4. The molecular formula is C19H26FNO2. The summed E-state index contributed by atoms with van der Waals surface area (Å²) in [6, 6.07) is 6.58. The minimum Gasteiger partial charge on any atom is -0.466 e. The fourth-order valence-electron chi connectivity index (χ4n) is 4.85. The minimum absolute atomic E-state index is 0.0480. The van der Waals surface area contributed by atoms with Crippen LogP contribution in [0.1, 0.15) is 45.1 Å². The quantitative estimate of drug-likeness (QED) is 0.813. The number of carbonyl (C=O) groups excluding carboxylic acids is 1. The molecule has 4 atom stereocenters. The van der Waals surface area contributed by atoms with Crippen molar-refractivity contribution in [3.05, 3.63) is 35.6 Å². The number of fused-ring (bicyclic) bond motifs is 2. The largest absolute Gasteiger partial charge is 0.466 e. The van der Waals surface area contributed by atoms with Crippen LogP contribution in [0.5, 0.6) is 0 Å². The molecule has 0 amide bonds. The van der Waals surface area contributed by atoms with Crippen LogP contribution in [0.25, 0.3) is 0 Å². The Kier molecular flexibility index (Phi) is 4.72. The summed E-state index contributed by atoms with van der Waals surface area (Å²) in [5.74, 6) is 0.662. The van der Waals surface area contributed by atoms with E-state index in [0.29, 0.717) is 25.0 Å². The molecule has 2 bridgehead atoms. The second-order valence-corrected chi connectivity index (χ2v) is 6.87. The average molecular weight is 319 g/mol.